The molecule has 2 aromatic carbocycles. The number of ether oxygens (including phenoxy) is 2. The second kappa shape index (κ2) is 7.38. The highest BCUT2D eigenvalue weighted by atomic mass is 16.7. The normalized spacial score (nSPS) is 36.2. The fourth-order valence-corrected chi connectivity index (χ4v) is 5.14. The van der Waals surface area contributed by atoms with Gasteiger partial charge in [-0.25, -0.2) is 0 Å². The van der Waals surface area contributed by atoms with Gasteiger partial charge in [0.1, 0.15) is 12.2 Å². The van der Waals surface area contributed by atoms with Crippen molar-refractivity contribution in [2.75, 3.05) is 0 Å². The van der Waals surface area contributed by atoms with Crippen molar-refractivity contribution in [1.29, 1.82) is 0 Å². The summed E-state index contributed by atoms with van der Waals surface area (Å²) in [7, 11) is 0. The highest BCUT2D eigenvalue weighted by molar-refractivity contribution is 5.87. The fraction of sp³-hybridized carbons (Fsp3) is 0.417. The Morgan fingerprint density at radius 2 is 1.12 bits per heavy atom. The maximum absolute atomic E-state index is 12.7. The van der Waals surface area contributed by atoms with Crippen LogP contribution >= 0.6 is 0 Å². The summed E-state index contributed by atoms with van der Waals surface area (Å²) >= 11 is 0. The molecule has 8 atom stereocenters. The Kier molecular flexibility index (Phi) is 4.58. The zero-order valence-corrected chi connectivity index (χ0v) is 17.2. The highest BCUT2D eigenvalue weighted by Gasteiger charge is 2.63. The first-order chi connectivity index (χ1) is 15.5. The minimum atomic E-state index is -0.699. The van der Waals surface area contributed by atoms with Crippen LogP contribution in [0.3, 0.4) is 0 Å². The van der Waals surface area contributed by atoms with E-state index >= 15 is 0 Å². The number of hydrogen-bond acceptors (Lipinski definition) is 6. The molecule has 0 unspecified atom stereocenters. The maximum Gasteiger partial charge on any atom is 0.252 e. The molecule has 0 radical (unpaired) electrons. The summed E-state index contributed by atoms with van der Waals surface area (Å²) in [5, 5.41) is 26.4. The molecule has 166 valence electrons. The van der Waals surface area contributed by atoms with E-state index in [1.54, 1.807) is 0 Å². The van der Waals surface area contributed by atoms with Crippen LogP contribution in [0.15, 0.2) is 48.5 Å². The summed E-state index contributed by atoms with van der Waals surface area (Å²) in [6.07, 6.45) is -2.72. The van der Waals surface area contributed by atoms with E-state index in [0.717, 1.165) is 22.3 Å². The maximum atomic E-state index is 12.7. The van der Waals surface area contributed by atoms with E-state index in [2.05, 4.69) is 10.6 Å². The van der Waals surface area contributed by atoms with Crippen LogP contribution in [0.25, 0.3) is 0 Å². The lowest BCUT2D eigenvalue weighted by Gasteiger charge is -2.17. The lowest BCUT2D eigenvalue weighted by atomic mass is 10.1. The molecule has 6 rings (SSSR count). The van der Waals surface area contributed by atoms with Crippen molar-refractivity contribution in [2.24, 2.45) is 0 Å². The van der Waals surface area contributed by atoms with Gasteiger partial charge in [-0.1, -0.05) is 48.5 Å². The van der Waals surface area contributed by atoms with Crippen molar-refractivity contribution in [1.82, 2.24) is 10.6 Å². The van der Waals surface area contributed by atoms with E-state index in [-0.39, 0.29) is 11.8 Å². The van der Waals surface area contributed by atoms with Gasteiger partial charge in [0.25, 0.3) is 11.8 Å². The number of epoxide rings is 2. The molecule has 4 aliphatic rings. The third-order valence-electron chi connectivity index (χ3n) is 6.90. The molecule has 0 bridgehead atoms. The third-order valence-corrected chi connectivity index (χ3v) is 6.90. The van der Waals surface area contributed by atoms with Crippen LogP contribution in [0.2, 0.25) is 0 Å². The topological polar surface area (TPSA) is 124 Å². The van der Waals surface area contributed by atoms with Gasteiger partial charge in [-0.3, -0.25) is 9.59 Å². The number of carbonyl (C=O) groups excluding carboxylic acids is 2. The quantitative estimate of drug-likeness (QED) is 0.492. The molecular weight excluding hydrogens is 412 g/mol. The van der Waals surface area contributed by atoms with Crippen molar-refractivity contribution in [3.63, 3.8) is 0 Å². The van der Waals surface area contributed by atoms with Crippen molar-refractivity contribution < 1.29 is 29.3 Å². The zero-order valence-electron chi connectivity index (χ0n) is 17.2. The number of hydrogen-bond donors (Lipinski definition) is 4. The standard InChI is InChI=1S/C24H24N2O6/c27-15-9-11-5-1-3-7-13(11)17(15)25-23(29)21-19(31-21)20-22(32-20)24(30)26-18-14-8-4-2-6-12(14)10-16(18)28/h1-8,15-22,27-28H,9-10H2,(H,25,29)(H,26,30)/t15-,16-,17+,18+,19-,20+,21+,22+/m1/s1. The summed E-state index contributed by atoms with van der Waals surface area (Å²) in [5.41, 5.74) is 3.88. The van der Waals surface area contributed by atoms with Crippen LogP contribution in [0, 0.1) is 0 Å². The van der Waals surface area contributed by atoms with Crippen LogP contribution in [-0.2, 0) is 31.9 Å². The number of rotatable bonds is 5. The van der Waals surface area contributed by atoms with Crippen molar-refractivity contribution in [3.8, 4) is 0 Å². The van der Waals surface area contributed by atoms with Gasteiger partial charge in [-0.15, -0.1) is 0 Å². The van der Waals surface area contributed by atoms with E-state index in [0.29, 0.717) is 12.8 Å². The first kappa shape index (κ1) is 19.9. The van der Waals surface area contributed by atoms with Gasteiger partial charge in [0.05, 0.1) is 24.3 Å². The SMILES string of the molecule is O=C(N[C@H]1c2ccccc2C[C@H]1O)[C@H]1O[C@@H]1[C@@H]1O[C@@H]1C(=O)N[C@H]1c2ccccc2C[C@H]1O. The molecule has 8 nitrogen and oxygen atoms in total. The van der Waals surface area contributed by atoms with Gasteiger partial charge < -0.3 is 30.3 Å². The molecule has 2 amide bonds. The lowest BCUT2D eigenvalue weighted by molar-refractivity contribution is -0.124. The Morgan fingerprint density at radius 1 is 0.719 bits per heavy atom. The van der Waals surface area contributed by atoms with Crippen LogP contribution in [0.4, 0.5) is 0 Å². The molecular formula is C24H24N2O6. The number of aliphatic hydroxyl groups is 2. The molecule has 0 aromatic heterocycles. The minimum absolute atomic E-state index is 0.314. The second-order valence-electron chi connectivity index (χ2n) is 8.96. The summed E-state index contributed by atoms with van der Waals surface area (Å²) < 4.78 is 11.0. The highest BCUT2D eigenvalue weighted by Crippen LogP contribution is 2.41. The summed E-state index contributed by atoms with van der Waals surface area (Å²) in [6.45, 7) is 0. The van der Waals surface area contributed by atoms with Crippen LogP contribution < -0.4 is 10.6 Å². The van der Waals surface area contributed by atoms with Crippen LogP contribution in [-0.4, -0.2) is 58.7 Å². The van der Waals surface area contributed by atoms with E-state index < -0.39 is 48.7 Å². The number of aliphatic hydroxyl groups excluding tert-OH is 2. The predicted octanol–water partition coefficient (Wildman–Crippen LogP) is 0.0702. The van der Waals surface area contributed by atoms with Crippen LogP contribution in [0.1, 0.15) is 34.3 Å². The van der Waals surface area contributed by atoms with E-state index in [1.165, 1.54) is 0 Å². The van der Waals surface area contributed by atoms with E-state index in [1.807, 2.05) is 48.5 Å². The fourth-order valence-electron chi connectivity index (χ4n) is 5.14. The minimum Gasteiger partial charge on any atom is -0.390 e. The first-order valence-corrected chi connectivity index (χ1v) is 10.9. The van der Waals surface area contributed by atoms with E-state index in [4.69, 9.17) is 9.47 Å². The molecule has 0 spiro atoms. The van der Waals surface area contributed by atoms with Crippen LogP contribution in [0.5, 0.6) is 0 Å². The average Bonchev–Trinajstić information content (AvgIpc) is 3.68. The Morgan fingerprint density at radius 3 is 1.56 bits per heavy atom. The molecule has 2 aromatic rings. The summed E-state index contributed by atoms with van der Waals surface area (Å²) in [4.78, 5) is 25.3. The lowest BCUT2D eigenvalue weighted by Crippen LogP contribution is -2.38. The molecule has 2 aliphatic heterocycles. The first-order valence-electron chi connectivity index (χ1n) is 10.9. The predicted molar refractivity (Wildman–Crippen MR) is 111 cm³/mol. The second-order valence-corrected chi connectivity index (χ2v) is 8.96. The molecule has 4 N–H and O–H groups in total. The van der Waals surface area contributed by atoms with Gasteiger partial charge in [-0.2, -0.15) is 0 Å². The van der Waals surface area contributed by atoms with Gasteiger partial charge in [-0.05, 0) is 22.3 Å². The largest absolute Gasteiger partial charge is 0.390 e. The number of carbonyl (C=O) groups is 2. The van der Waals surface area contributed by atoms with Gasteiger partial charge in [0.15, 0.2) is 12.2 Å². The number of nitrogens with one attached hydrogen (secondary N) is 2. The third kappa shape index (κ3) is 3.31. The summed E-state index contributed by atoms with van der Waals surface area (Å²) in [5.74, 6) is -0.629. The zero-order chi connectivity index (χ0) is 22.0. The average molecular weight is 436 g/mol. The van der Waals surface area contributed by atoms with E-state index in [9.17, 15) is 19.8 Å². The Bertz CT molecular complexity index is 1000. The number of amides is 2. The number of benzene rings is 2. The molecule has 32 heavy (non-hydrogen) atoms. The summed E-state index contributed by atoms with van der Waals surface area (Å²) in [6, 6.07) is 14.4. The van der Waals surface area contributed by atoms with Gasteiger partial charge >= 0.3 is 0 Å². The van der Waals surface area contributed by atoms with Gasteiger partial charge in [0, 0.05) is 12.8 Å². The molecule has 2 aliphatic carbocycles. The smallest absolute Gasteiger partial charge is 0.252 e. The molecule has 8 heteroatoms. The molecule has 2 saturated heterocycles. The van der Waals surface area contributed by atoms with Crippen molar-refractivity contribution >= 4 is 11.8 Å². The molecule has 2 fully saturated rings. The van der Waals surface area contributed by atoms with Gasteiger partial charge in [0.2, 0.25) is 0 Å². The molecule has 0 saturated carbocycles. The molecule has 2 heterocycles. The van der Waals surface area contributed by atoms with Crippen molar-refractivity contribution in [3.05, 3.63) is 70.8 Å². The monoisotopic (exact) mass is 436 g/mol. The Balaban J connectivity index is 1.04. The Labute approximate surface area is 184 Å². The van der Waals surface area contributed by atoms with Crippen molar-refractivity contribution in [2.45, 2.75) is 61.5 Å². The Hall–Kier alpha value is -2.78. The number of fused-ring (bicyclic) bond motifs is 2.